The van der Waals surface area contributed by atoms with Crippen LogP contribution in [0.2, 0.25) is 0 Å². The summed E-state index contributed by atoms with van der Waals surface area (Å²) in [7, 11) is 0. The molecule has 0 fully saturated rings. The van der Waals surface area contributed by atoms with Gasteiger partial charge in [-0.05, 0) is 25.7 Å². The first kappa shape index (κ1) is 24.4. The van der Waals surface area contributed by atoms with E-state index in [4.69, 9.17) is 4.74 Å². The first-order valence-corrected chi connectivity index (χ1v) is 10.6. The van der Waals surface area contributed by atoms with Crippen molar-refractivity contribution in [2.24, 2.45) is 0 Å². The van der Waals surface area contributed by atoms with Gasteiger partial charge in [-0.2, -0.15) is 0 Å². The number of carbonyl (C=O) groups is 1. The summed E-state index contributed by atoms with van der Waals surface area (Å²) in [4.78, 5) is 11.3. The van der Waals surface area contributed by atoms with Crippen molar-refractivity contribution in [2.45, 2.75) is 122 Å². The lowest BCUT2D eigenvalue weighted by Gasteiger charge is -2.17. The summed E-state index contributed by atoms with van der Waals surface area (Å²) in [6.07, 6.45) is 13.8. The third-order valence-corrected chi connectivity index (χ3v) is 4.65. The van der Waals surface area contributed by atoms with Crippen LogP contribution in [0.25, 0.3) is 0 Å². The molecule has 0 heterocycles. The highest BCUT2D eigenvalue weighted by Crippen LogP contribution is 2.15. The maximum absolute atomic E-state index is 11.3. The average Bonchev–Trinajstić information content (AvgIpc) is 2.61. The van der Waals surface area contributed by atoms with Gasteiger partial charge >= 0.3 is 5.97 Å². The van der Waals surface area contributed by atoms with Crippen LogP contribution < -0.4 is 0 Å². The van der Waals surface area contributed by atoms with Gasteiger partial charge in [0.15, 0.2) is 0 Å². The summed E-state index contributed by atoms with van der Waals surface area (Å²) in [6.45, 7) is 4.73. The molecule has 4 heteroatoms. The summed E-state index contributed by atoms with van der Waals surface area (Å²) in [5, 5.41) is 20.0. The zero-order valence-electron chi connectivity index (χ0n) is 16.7. The van der Waals surface area contributed by atoms with Crippen LogP contribution in [0, 0.1) is 0 Å². The first-order chi connectivity index (χ1) is 12.1. The molecule has 0 aliphatic heterocycles. The van der Waals surface area contributed by atoms with Crippen molar-refractivity contribution >= 4 is 5.97 Å². The average molecular weight is 359 g/mol. The van der Waals surface area contributed by atoms with Crippen molar-refractivity contribution in [3.8, 4) is 0 Å². The molecule has 0 saturated heterocycles. The van der Waals surface area contributed by atoms with E-state index in [0.717, 1.165) is 51.4 Å². The Bertz CT molecular complexity index is 294. The third kappa shape index (κ3) is 16.6. The van der Waals surface area contributed by atoms with E-state index in [1.54, 1.807) is 0 Å². The Balaban J connectivity index is 3.41. The smallest absolute Gasteiger partial charge is 0.305 e. The molecule has 0 amide bonds. The maximum atomic E-state index is 11.3. The number of unbranched alkanes of at least 4 members (excludes halogenated alkanes) is 9. The molecule has 0 spiro atoms. The predicted octanol–water partition coefficient (Wildman–Crippen LogP) is 5.14. The minimum absolute atomic E-state index is 0.0879. The Morgan fingerprint density at radius 2 is 1.20 bits per heavy atom. The Morgan fingerprint density at radius 3 is 1.72 bits per heavy atom. The van der Waals surface area contributed by atoms with Gasteiger partial charge in [-0.15, -0.1) is 0 Å². The molecule has 0 aromatic rings. The lowest BCUT2D eigenvalue weighted by atomic mass is 9.99. The van der Waals surface area contributed by atoms with Gasteiger partial charge in [0.25, 0.3) is 0 Å². The number of rotatable bonds is 18. The fourth-order valence-corrected chi connectivity index (χ4v) is 2.96. The van der Waals surface area contributed by atoms with E-state index in [1.165, 1.54) is 25.7 Å². The molecular weight excluding hydrogens is 316 g/mol. The van der Waals surface area contributed by atoms with Crippen LogP contribution in [0.1, 0.15) is 110 Å². The molecule has 0 aliphatic rings. The molecular formula is C21H42O4. The van der Waals surface area contributed by atoms with Gasteiger partial charge in [0.1, 0.15) is 0 Å². The lowest BCUT2D eigenvalue weighted by Crippen LogP contribution is -2.25. The van der Waals surface area contributed by atoms with Crippen molar-refractivity contribution in [1.82, 2.24) is 0 Å². The lowest BCUT2D eigenvalue weighted by molar-refractivity contribution is -0.143. The van der Waals surface area contributed by atoms with Crippen molar-refractivity contribution in [2.75, 3.05) is 6.61 Å². The van der Waals surface area contributed by atoms with Gasteiger partial charge in [0.05, 0.1) is 18.8 Å². The van der Waals surface area contributed by atoms with Crippen LogP contribution in [-0.2, 0) is 9.53 Å². The van der Waals surface area contributed by atoms with Crippen LogP contribution in [0.15, 0.2) is 0 Å². The molecule has 25 heavy (non-hydrogen) atoms. The summed E-state index contributed by atoms with van der Waals surface area (Å²) in [6, 6.07) is 0. The highest BCUT2D eigenvalue weighted by molar-refractivity contribution is 5.69. The second-order valence-corrected chi connectivity index (χ2v) is 7.22. The highest BCUT2D eigenvalue weighted by Gasteiger charge is 2.15. The van der Waals surface area contributed by atoms with Gasteiger partial charge in [-0.3, -0.25) is 4.79 Å². The van der Waals surface area contributed by atoms with E-state index in [1.807, 2.05) is 6.92 Å². The van der Waals surface area contributed by atoms with Crippen molar-refractivity contribution in [3.63, 3.8) is 0 Å². The molecule has 0 aromatic heterocycles. The SMILES string of the molecule is CCCCCCCC[C@H](O)[C@H](O)CCCCCCCC(=O)OCCC. The van der Waals surface area contributed by atoms with Crippen LogP contribution in [0.3, 0.4) is 0 Å². The number of aliphatic hydroxyl groups is 2. The number of hydrogen-bond acceptors (Lipinski definition) is 4. The van der Waals surface area contributed by atoms with E-state index < -0.39 is 12.2 Å². The van der Waals surface area contributed by atoms with Gasteiger partial charge in [-0.25, -0.2) is 0 Å². The normalized spacial score (nSPS) is 13.6. The minimum atomic E-state index is -0.584. The summed E-state index contributed by atoms with van der Waals surface area (Å²) < 4.78 is 5.04. The van der Waals surface area contributed by atoms with Crippen LogP contribution in [0.5, 0.6) is 0 Å². The standard InChI is InChI=1S/C21H42O4/c1-3-5-6-7-9-12-15-19(22)20(23)16-13-10-8-11-14-17-21(24)25-18-4-2/h19-20,22-23H,3-18H2,1-2H3/t19-,20+/m0/s1. The maximum Gasteiger partial charge on any atom is 0.305 e. The van der Waals surface area contributed by atoms with Gasteiger partial charge < -0.3 is 14.9 Å². The predicted molar refractivity (Wildman–Crippen MR) is 104 cm³/mol. The summed E-state index contributed by atoms with van der Waals surface area (Å²) in [5.74, 6) is -0.0879. The van der Waals surface area contributed by atoms with Crippen molar-refractivity contribution in [1.29, 1.82) is 0 Å². The fourth-order valence-electron chi connectivity index (χ4n) is 2.96. The van der Waals surface area contributed by atoms with Gasteiger partial charge in [-0.1, -0.05) is 78.1 Å². The van der Waals surface area contributed by atoms with Gasteiger partial charge in [0, 0.05) is 6.42 Å². The molecule has 0 rings (SSSR count). The van der Waals surface area contributed by atoms with Crippen molar-refractivity contribution < 1.29 is 19.7 Å². The van der Waals surface area contributed by atoms with E-state index >= 15 is 0 Å². The second-order valence-electron chi connectivity index (χ2n) is 7.22. The monoisotopic (exact) mass is 358 g/mol. The van der Waals surface area contributed by atoms with Crippen molar-refractivity contribution in [3.05, 3.63) is 0 Å². The largest absolute Gasteiger partial charge is 0.466 e. The summed E-state index contributed by atoms with van der Waals surface area (Å²) in [5.41, 5.74) is 0. The Hall–Kier alpha value is -0.610. The highest BCUT2D eigenvalue weighted by atomic mass is 16.5. The molecule has 0 aliphatic carbocycles. The van der Waals surface area contributed by atoms with Gasteiger partial charge in [0.2, 0.25) is 0 Å². The van der Waals surface area contributed by atoms with E-state index in [9.17, 15) is 15.0 Å². The quantitative estimate of drug-likeness (QED) is 0.263. The van der Waals surface area contributed by atoms with E-state index in [0.29, 0.717) is 25.9 Å². The minimum Gasteiger partial charge on any atom is -0.466 e. The molecule has 0 aromatic carbocycles. The molecule has 150 valence electrons. The molecule has 2 N–H and O–H groups in total. The van der Waals surface area contributed by atoms with E-state index in [-0.39, 0.29) is 5.97 Å². The summed E-state index contributed by atoms with van der Waals surface area (Å²) >= 11 is 0. The van der Waals surface area contributed by atoms with Crippen LogP contribution in [0.4, 0.5) is 0 Å². The zero-order valence-corrected chi connectivity index (χ0v) is 16.7. The molecule has 0 radical (unpaired) electrons. The molecule has 0 unspecified atom stereocenters. The molecule has 2 atom stereocenters. The number of esters is 1. The molecule has 0 saturated carbocycles. The van der Waals surface area contributed by atoms with Crippen LogP contribution >= 0.6 is 0 Å². The second kappa shape index (κ2) is 18.2. The van der Waals surface area contributed by atoms with Crippen LogP contribution in [-0.4, -0.2) is 35.0 Å². The Labute approximate surface area is 155 Å². The Morgan fingerprint density at radius 1 is 0.720 bits per heavy atom. The molecule has 4 nitrogen and oxygen atoms in total. The topological polar surface area (TPSA) is 66.8 Å². The fraction of sp³-hybridized carbons (Fsp3) is 0.952. The zero-order chi connectivity index (χ0) is 18.8. The molecule has 0 bridgehead atoms. The number of carbonyl (C=O) groups excluding carboxylic acids is 1. The third-order valence-electron chi connectivity index (χ3n) is 4.65. The number of ether oxygens (including phenoxy) is 1. The first-order valence-electron chi connectivity index (χ1n) is 10.6. The number of hydrogen-bond donors (Lipinski definition) is 2. The van der Waals surface area contributed by atoms with E-state index in [2.05, 4.69) is 6.92 Å². The Kier molecular flexibility index (Phi) is 17.7. The number of aliphatic hydroxyl groups excluding tert-OH is 2.